The average molecular weight is 274 g/mol. The van der Waals surface area contributed by atoms with Gasteiger partial charge in [-0.15, -0.1) is 0 Å². The number of hydrogen-bond acceptors (Lipinski definition) is 4. The summed E-state index contributed by atoms with van der Waals surface area (Å²) in [6, 6.07) is 3.12. The van der Waals surface area contributed by atoms with Gasteiger partial charge in [0.15, 0.2) is 0 Å². The number of piperazine rings is 1. The van der Waals surface area contributed by atoms with Gasteiger partial charge < -0.3 is 10.2 Å². The molecule has 0 radical (unpaired) electrons. The van der Waals surface area contributed by atoms with Crippen LogP contribution in [0.4, 0.5) is 0 Å². The first-order chi connectivity index (χ1) is 9.52. The molecule has 2 atom stereocenters. The van der Waals surface area contributed by atoms with Gasteiger partial charge in [-0.3, -0.25) is 9.59 Å². The summed E-state index contributed by atoms with van der Waals surface area (Å²) in [6.07, 6.45) is 3.58. The fourth-order valence-electron chi connectivity index (χ4n) is 2.77. The third-order valence-electron chi connectivity index (χ3n) is 4.29. The first-order valence-corrected chi connectivity index (χ1v) is 6.92. The quantitative estimate of drug-likeness (QED) is 0.870. The Bertz CT molecular complexity index is 543. The second-order valence-electron chi connectivity index (χ2n) is 5.79. The predicted octanol–water partition coefficient (Wildman–Crippen LogP) is 0.492. The topological polar surface area (TPSA) is 75.2 Å². The summed E-state index contributed by atoms with van der Waals surface area (Å²) in [5, 5.41) is 10.7. The van der Waals surface area contributed by atoms with Crippen LogP contribution in [0.1, 0.15) is 32.4 Å². The van der Waals surface area contributed by atoms with Gasteiger partial charge in [-0.05, 0) is 44.7 Å². The number of rotatable bonds is 3. The number of nitrogens with zero attached hydrogens (tertiary/aromatic N) is 3. The van der Waals surface area contributed by atoms with E-state index in [4.69, 9.17) is 0 Å². The molecule has 2 fully saturated rings. The van der Waals surface area contributed by atoms with E-state index >= 15 is 0 Å². The Morgan fingerprint density at radius 2 is 2.20 bits per heavy atom. The monoisotopic (exact) mass is 274 g/mol. The van der Waals surface area contributed by atoms with Crippen LogP contribution in [0.3, 0.4) is 0 Å². The summed E-state index contributed by atoms with van der Waals surface area (Å²) in [4.78, 5) is 26.5. The minimum Gasteiger partial charge on any atom is -0.340 e. The summed E-state index contributed by atoms with van der Waals surface area (Å²) < 4.78 is 0. The molecule has 1 aromatic rings. The Morgan fingerprint density at radius 1 is 1.45 bits per heavy atom. The minimum atomic E-state index is -0.758. The molecule has 1 aliphatic carbocycles. The van der Waals surface area contributed by atoms with Crippen molar-refractivity contribution in [1.82, 2.24) is 20.4 Å². The highest BCUT2D eigenvalue weighted by atomic mass is 16.2. The summed E-state index contributed by atoms with van der Waals surface area (Å²) in [5.74, 6) is 0.149. The Kier molecular flexibility index (Phi) is 2.96. The van der Waals surface area contributed by atoms with Crippen molar-refractivity contribution in [3.05, 3.63) is 24.0 Å². The molecule has 2 unspecified atom stereocenters. The van der Waals surface area contributed by atoms with E-state index in [1.807, 2.05) is 13.0 Å². The molecule has 0 bridgehead atoms. The maximum Gasteiger partial charge on any atom is 0.249 e. The zero-order valence-corrected chi connectivity index (χ0v) is 11.7. The molecule has 1 N–H and O–H groups in total. The minimum absolute atomic E-state index is 0.0160. The molecule has 2 aliphatic rings. The Labute approximate surface area is 117 Å². The highest BCUT2D eigenvalue weighted by molar-refractivity contribution is 5.99. The van der Waals surface area contributed by atoms with Crippen LogP contribution < -0.4 is 5.32 Å². The largest absolute Gasteiger partial charge is 0.340 e. The lowest BCUT2D eigenvalue weighted by atomic mass is 9.89. The molecule has 6 heteroatoms. The summed E-state index contributed by atoms with van der Waals surface area (Å²) >= 11 is 0. The molecule has 1 aromatic heterocycles. The van der Waals surface area contributed by atoms with E-state index in [2.05, 4.69) is 15.5 Å². The number of carbonyl (C=O) groups excluding carboxylic acids is 2. The molecule has 3 rings (SSSR count). The van der Waals surface area contributed by atoms with E-state index < -0.39 is 11.6 Å². The molecule has 106 valence electrons. The van der Waals surface area contributed by atoms with Crippen molar-refractivity contribution in [2.45, 2.75) is 44.8 Å². The fourth-order valence-corrected chi connectivity index (χ4v) is 2.77. The lowest BCUT2D eigenvalue weighted by Gasteiger charge is -2.43. The van der Waals surface area contributed by atoms with Crippen LogP contribution in [0.15, 0.2) is 18.3 Å². The first kappa shape index (κ1) is 13.0. The van der Waals surface area contributed by atoms with Gasteiger partial charge in [0.2, 0.25) is 11.8 Å². The summed E-state index contributed by atoms with van der Waals surface area (Å²) in [5.41, 5.74) is -0.0632. The average Bonchev–Trinajstić information content (AvgIpc) is 3.27. The molecule has 1 saturated heterocycles. The van der Waals surface area contributed by atoms with Gasteiger partial charge >= 0.3 is 0 Å². The number of amides is 2. The van der Waals surface area contributed by atoms with Crippen LogP contribution >= 0.6 is 0 Å². The molecule has 2 amide bonds. The van der Waals surface area contributed by atoms with Crippen LogP contribution in [0.2, 0.25) is 0 Å². The number of carbonyl (C=O) groups is 2. The number of hydrogen-bond donors (Lipinski definition) is 1. The molecule has 0 aromatic carbocycles. The smallest absolute Gasteiger partial charge is 0.249 e. The molecular weight excluding hydrogens is 256 g/mol. The number of aromatic nitrogens is 2. The van der Waals surface area contributed by atoms with Gasteiger partial charge in [-0.25, -0.2) is 0 Å². The van der Waals surface area contributed by atoms with Crippen LogP contribution in [0.25, 0.3) is 0 Å². The van der Waals surface area contributed by atoms with Crippen LogP contribution in [0, 0.1) is 5.92 Å². The molecule has 0 spiro atoms. The van der Waals surface area contributed by atoms with Crippen molar-refractivity contribution < 1.29 is 9.59 Å². The van der Waals surface area contributed by atoms with Crippen molar-refractivity contribution in [2.75, 3.05) is 0 Å². The number of nitrogens with one attached hydrogen (secondary N) is 1. The van der Waals surface area contributed by atoms with Gasteiger partial charge in [0.05, 0.1) is 12.2 Å². The third-order valence-corrected chi connectivity index (χ3v) is 4.29. The zero-order valence-electron chi connectivity index (χ0n) is 11.7. The Morgan fingerprint density at radius 3 is 2.80 bits per heavy atom. The SMILES string of the molecule is CC1C(=O)NC(C)(C2CC2)C(=O)N1Cc1cccnn1. The molecule has 20 heavy (non-hydrogen) atoms. The summed E-state index contributed by atoms with van der Waals surface area (Å²) in [7, 11) is 0. The lowest BCUT2D eigenvalue weighted by molar-refractivity contribution is -0.155. The van der Waals surface area contributed by atoms with E-state index in [9.17, 15) is 9.59 Å². The van der Waals surface area contributed by atoms with Crippen molar-refractivity contribution in [2.24, 2.45) is 5.92 Å². The molecule has 6 nitrogen and oxygen atoms in total. The van der Waals surface area contributed by atoms with Gasteiger partial charge in [-0.1, -0.05) is 0 Å². The van der Waals surface area contributed by atoms with E-state index in [1.54, 1.807) is 24.1 Å². The highest BCUT2D eigenvalue weighted by Crippen LogP contribution is 2.42. The fraction of sp³-hybridized carbons (Fsp3) is 0.571. The van der Waals surface area contributed by atoms with Gasteiger partial charge in [0.25, 0.3) is 0 Å². The third kappa shape index (κ3) is 2.05. The molecular formula is C14H18N4O2. The maximum atomic E-state index is 12.8. The molecule has 1 saturated carbocycles. The standard InChI is InChI=1S/C14H18N4O2/c1-9-12(19)16-14(2,10-5-6-10)13(20)18(9)8-11-4-3-7-15-17-11/h3-4,7,9-10H,5-6,8H2,1-2H3,(H,16,19). The molecule has 1 aliphatic heterocycles. The van der Waals surface area contributed by atoms with E-state index in [-0.39, 0.29) is 17.7 Å². The second kappa shape index (κ2) is 4.54. The Hall–Kier alpha value is -1.98. The van der Waals surface area contributed by atoms with E-state index in [0.29, 0.717) is 12.2 Å². The maximum absolute atomic E-state index is 12.8. The van der Waals surface area contributed by atoms with Crippen LogP contribution in [-0.4, -0.2) is 38.5 Å². The van der Waals surface area contributed by atoms with Gasteiger partial charge in [-0.2, -0.15) is 10.2 Å². The predicted molar refractivity (Wildman–Crippen MR) is 71.3 cm³/mol. The van der Waals surface area contributed by atoms with Crippen molar-refractivity contribution in [3.63, 3.8) is 0 Å². The molecule has 2 heterocycles. The van der Waals surface area contributed by atoms with Crippen LogP contribution in [-0.2, 0) is 16.1 Å². The van der Waals surface area contributed by atoms with Gasteiger partial charge in [0, 0.05) is 6.20 Å². The normalized spacial score (nSPS) is 30.3. The van der Waals surface area contributed by atoms with E-state index in [0.717, 1.165) is 12.8 Å². The second-order valence-corrected chi connectivity index (χ2v) is 5.79. The van der Waals surface area contributed by atoms with Crippen molar-refractivity contribution in [3.8, 4) is 0 Å². The Balaban J connectivity index is 1.87. The summed E-state index contributed by atoms with van der Waals surface area (Å²) in [6.45, 7) is 3.90. The van der Waals surface area contributed by atoms with Crippen molar-refractivity contribution in [1.29, 1.82) is 0 Å². The highest BCUT2D eigenvalue weighted by Gasteiger charge is 2.54. The van der Waals surface area contributed by atoms with Gasteiger partial charge in [0.1, 0.15) is 11.6 Å². The lowest BCUT2D eigenvalue weighted by Crippen LogP contribution is -2.69. The van der Waals surface area contributed by atoms with Crippen molar-refractivity contribution >= 4 is 11.8 Å². The van der Waals surface area contributed by atoms with E-state index in [1.165, 1.54) is 0 Å². The van der Waals surface area contributed by atoms with Crippen LogP contribution in [0.5, 0.6) is 0 Å². The zero-order chi connectivity index (χ0) is 14.3. The first-order valence-electron chi connectivity index (χ1n) is 6.92.